The third-order valence-electron chi connectivity index (χ3n) is 10.6. The van der Waals surface area contributed by atoms with Crippen LogP contribution in [0.3, 0.4) is 0 Å². The Morgan fingerprint density at radius 1 is 0.944 bits per heavy atom. The first kappa shape index (κ1) is 31.7. The van der Waals surface area contributed by atoms with Gasteiger partial charge in [0.2, 0.25) is 0 Å². The van der Waals surface area contributed by atoms with E-state index in [2.05, 4.69) is 102 Å². The molecule has 1 saturated carbocycles. The third kappa shape index (κ3) is 6.38. The van der Waals surface area contributed by atoms with Crippen molar-refractivity contribution < 1.29 is 13.6 Å². The van der Waals surface area contributed by atoms with Crippen LogP contribution in [-0.2, 0) is 13.6 Å². The largest absolute Gasteiger partial charge is 0.413 e. The second-order valence-corrected chi connectivity index (χ2v) is 25.3. The van der Waals surface area contributed by atoms with Crippen LogP contribution in [0.15, 0.2) is 24.3 Å². The molecule has 0 unspecified atom stereocenters. The quantitative estimate of drug-likeness (QED) is 0.230. The average Bonchev–Trinajstić information content (AvgIpc) is 2.93. The molecule has 2 aliphatic rings. The van der Waals surface area contributed by atoms with Gasteiger partial charge in [0.15, 0.2) is 22.4 Å². The van der Waals surface area contributed by atoms with E-state index in [1.54, 1.807) is 6.08 Å². The van der Waals surface area contributed by atoms with Crippen molar-refractivity contribution in [1.29, 1.82) is 0 Å². The fourth-order valence-corrected chi connectivity index (χ4v) is 8.17. The standard InChI is InChI=1S/C31H58O3Si2/c1-22(2)25-21-27(34-36(14,15)29(7,8)9)31(11,23(25)3)19-18-30(10)17-16-24(32)20-26(30)33-35(12,13)28(4,5)6/h16-17,22,25-27H,3,18-21H2,1-2,4-15H3/t25-,26+,27-,30-,31-/m1/s1. The molecule has 2 aliphatic carbocycles. The van der Waals surface area contributed by atoms with Gasteiger partial charge in [0.1, 0.15) is 0 Å². The monoisotopic (exact) mass is 534 g/mol. The maximum atomic E-state index is 12.5. The molecule has 36 heavy (non-hydrogen) atoms. The van der Waals surface area contributed by atoms with Crippen LogP contribution >= 0.6 is 0 Å². The normalized spacial score (nSPS) is 32.6. The smallest absolute Gasteiger partial charge is 0.192 e. The highest BCUT2D eigenvalue weighted by Gasteiger charge is 2.53. The molecule has 0 spiro atoms. The second kappa shape index (κ2) is 10.2. The Bertz CT molecular complexity index is 858. The molecule has 0 aliphatic heterocycles. The summed E-state index contributed by atoms with van der Waals surface area (Å²) < 4.78 is 14.1. The van der Waals surface area contributed by atoms with Gasteiger partial charge in [-0.25, -0.2) is 0 Å². The van der Waals surface area contributed by atoms with Gasteiger partial charge in [-0.05, 0) is 73.4 Å². The lowest BCUT2D eigenvalue weighted by molar-refractivity contribution is -0.118. The van der Waals surface area contributed by atoms with Crippen LogP contribution in [0.25, 0.3) is 0 Å². The van der Waals surface area contributed by atoms with Gasteiger partial charge in [0.05, 0.1) is 12.2 Å². The van der Waals surface area contributed by atoms with Crippen LogP contribution in [-0.4, -0.2) is 34.6 Å². The van der Waals surface area contributed by atoms with Crippen molar-refractivity contribution in [2.45, 2.75) is 143 Å². The van der Waals surface area contributed by atoms with Gasteiger partial charge in [-0.15, -0.1) is 0 Å². The lowest BCUT2D eigenvalue weighted by atomic mass is 9.68. The lowest BCUT2D eigenvalue weighted by Gasteiger charge is -2.47. The van der Waals surface area contributed by atoms with E-state index < -0.39 is 16.6 Å². The van der Waals surface area contributed by atoms with Crippen LogP contribution < -0.4 is 0 Å². The van der Waals surface area contributed by atoms with Crippen LogP contribution in [0.2, 0.25) is 36.3 Å². The summed E-state index contributed by atoms with van der Waals surface area (Å²) >= 11 is 0. The van der Waals surface area contributed by atoms with Crippen LogP contribution in [0.1, 0.15) is 94.9 Å². The first-order valence-corrected chi connectivity index (χ1v) is 20.1. The number of hydrogen-bond acceptors (Lipinski definition) is 3. The predicted octanol–water partition coefficient (Wildman–Crippen LogP) is 9.32. The Labute approximate surface area is 226 Å². The summed E-state index contributed by atoms with van der Waals surface area (Å²) in [4.78, 5) is 12.5. The van der Waals surface area contributed by atoms with Crippen molar-refractivity contribution >= 4 is 22.4 Å². The molecule has 0 aromatic heterocycles. The highest BCUT2D eigenvalue weighted by Crippen LogP contribution is 2.56. The van der Waals surface area contributed by atoms with Crippen LogP contribution in [0, 0.1) is 22.7 Å². The molecule has 208 valence electrons. The van der Waals surface area contributed by atoms with E-state index in [1.165, 1.54) is 5.57 Å². The summed E-state index contributed by atoms with van der Waals surface area (Å²) in [5.74, 6) is 1.23. The molecule has 0 saturated heterocycles. The van der Waals surface area contributed by atoms with E-state index in [9.17, 15) is 4.79 Å². The topological polar surface area (TPSA) is 35.5 Å². The summed E-state index contributed by atoms with van der Waals surface area (Å²) in [6.07, 6.45) is 7.59. The van der Waals surface area contributed by atoms with E-state index in [0.29, 0.717) is 18.3 Å². The first-order chi connectivity index (χ1) is 16.0. The minimum atomic E-state index is -2.02. The Morgan fingerprint density at radius 2 is 1.42 bits per heavy atom. The van der Waals surface area contributed by atoms with Gasteiger partial charge in [-0.2, -0.15) is 0 Å². The summed E-state index contributed by atoms with van der Waals surface area (Å²) in [5.41, 5.74) is 1.11. The molecular weight excluding hydrogens is 477 g/mol. The Balaban J connectivity index is 2.38. The second-order valence-electron chi connectivity index (χ2n) is 15.8. The Morgan fingerprint density at radius 3 is 1.86 bits per heavy atom. The Kier molecular flexibility index (Phi) is 9.02. The van der Waals surface area contributed by atoms with Crippen molar-refractivity contribution in [3.63, 3.8) is 0 Å². The fourth-order valence-electron chi connectivity index (χ4n) is 5.33. The van der Waals surface area contributed by atoms with Gasteiger partial charge in [-0.1, -0.05) is 87.5 Å². The molecule has 1 fully saturated rings. The van der Waals surface area contributed by atoms with Gasteiger partial charge in [0, 0.05) is 17.3 Å². The molecule has 0 N–H and O–H groups in total. The fraction of sp³-hybridized carbons (Fsp3) is 0.839. The molecule has 3 nitrogen and oxygen atoms in total. The number of ketones is 1. The molecule has 2 rings (SSSR count). The number of carbonyl (C=O) groups is 1. The van der Waals surface area contributed by atoms with Gasteiger partial charge >= 0.3 is 0 Å². The zero-order valence-electron chi connectivity index (χ0n) is 26.2. The minimum absolute atomic E-state index is 0.0742. The number of carbonyl (C=O) groups excluding carboxylic acids is 1. The van der Waals surface area contributed by atoms with Crippen molar-refractivity contribution in [2.24, 2.45) is 22.7 Å². The molecule has 0 heterocycles. The maximum Gasteiger partial charge on any atom is 0.192 e. The third-order valence-corrected chi connectivity index (χ3v) is 19.6. The SMILES string of the molecule is C=C1[C@@H](C(C)C)C[C@@H](O[Si](C)(C)C(C)(C)C)[C@]1(C)CC[C@@]1(C)C=CC(=O)C[C@@H]1O[Si](C)(C)C(C)(C)C. The van der Waals surface area contributed by atoms with E-state index in [1.807, 2.05) is 0 Å². The maximum absolute atomic E-state index is 12.5. The Hall–Kier alpha value is -0.496. The van der Waals surface area contributed by atoms with E-state index in [0.717, 1.165) is 19.3 Å². The minimum Gasteiger partial charge on any atom is -0.413 e. The summed E-state index contributed by atoms with van der Waals surface area (Å²) in [6, 6.07) is 0. The molecule has 0 aromatic rings. The van der Waals surface area contributed by atoms with Crippen molar-refractivity contribution in [3.05, 3.63) is 24.3 Å². The van der Waals surface area contributed by atoms with Crippen LogP contribution in [0.5, 0.6) is 0 Å². The number of hydrogen-bond donors (Lipinski definition) is 0. The summed E-state index contributed by atoms with van der Waals surface area (Å²) in [6.45, 7) is 37.2. The van der Waals surface area contributed by atoms with Gasteiger partial charge in [-0.3, -0.25) is 4.79 Å². The molecule has 0 radical (unpaired) electrons. The van der Waals surface area contributed by atoms with Gasteiger partial charge in [0.25, 0.3) is 0 Å². The van der Waals surface area contributed by atoms with Crippen molar-refractivity contribution in [3.8, 4) is 0 Å². The molecule has 5 heteroatoms. The van der Waals surface area contributed by atoms with E-state index >= 15 is 0 Å². The van der Waals surface area contributed by atoms with Crippen molar-refractivity contribution in [1.82, 2.24) is 0 Å². The summed E-state index contributed by atoms with van der Waals surface area (Å²) in [7, 11) is -3.95. The summed E-state index contributed by atoms with van der Waals surface area (Å²) in [5, 5.41) is 0.280. The molecule has 5 atom stereocenters. The van der Waals surface area contributed by atoms with Crippen LogP contribution in [0.4, 0.5) is 0 Å². The van der Waals surface area contributed by atoms with Crippen molar-refractivity contribution in [2.75, 3.05) is 0 Å². The predicted molar refractivity (Wildman–Crippen MR) is 160 cm³/mol. The zero-order valence-corrected chi connectivity index (χ0v) is 28.2. The van der Waals surface area contributed by atoms with E-state index in [-0.39, 0.29) is 38.9 Å². The number of allylic oxidation sites excluding steroid dienone is 1. The number of rotatable bonds is 8. The zero-order chi connectivity index (χ0) is 28.1. The molecule has 0 aromatic carbocycles. The van der Waals surface area contributed by atoms with E-state index in [4.69, 9.17) is 15.4 Å². The highest BCUT2D eigenvalue weighted by atomic mass is 28.4. The molecule has 0 amide bonds. The lowest BCUT2D eigenvalue weighted by Crippen LogP contribution is -2.50. The first-order valence-electron chi connectivity index (χ1n) is 14.2. The molecule has 0 bridgehead atoms. The van der Waals surface area contributed by atoms with Gasteiger partial charge < -0.3 is 8.85 Å². The molecular formula is C31H58O3Si2. The average molecular weight is 535 g/mol. The highest BCUT2D eigenvalue weighted by molar-refractivity contribution is 6.74.